The minimum Gasteiger partial charge on any atom is -0.326 e. The van der Waals surface area contributed by atoms with Gasteiger partial charge in [-0.3, -0.25) is 4.72 Å². The van der Waals surface area contributed by atoms with Gasteiger partial charge in [0, 0.05) is 22.8 Å². The first kappa shape index (κ1) is 15.1. The van der Waals surface area contributed by atoms with Crippen LogP contribution in [-0.2, 0) is 16.6 Å². The van der Waals surface area contributed by atoms with Crippen molar-refractivity contribution in [3.05, 3.63) is 58.1 Å². The van der Waals surface area contributed by atoms with Gasteiger partial charge in [0.15, 0.2) is 0 Å². The van der Waals surface area contributed by atoms with Crippen molar-refractivity contribution >= 4 is 38.9 Å². The summed E-state index contributed by atoms with van der Waals surface area (Å²) in [4.78, 5) is -0.0483. The molecule has 0 bridgehead atoms. The van der Waals surface area contributed by atoms with Gasteiger partial charge in [0.1, 0.15) is 4.90 Å². The molecule has 3 N–H and O–H groups in total. The molecular formula is C13H12Cl2N2O2S. The number of hydrogen-bond donors (Lipinski definition) is 2. The zero-order chi connectivity index (χ0) is 14.8. The van der Waals surface area contributed by atoms with Crippen molar-refractivity contribution in [2.24, 2.45) is 5.73 Å². The molecule has 0 saturated carbocycles. The summed E-state index contributed by atoms with van der Waals surface area (Å²) in [7, 11) is -3.79. The highest BCUT2D eigenvalue weighted by Gasteiger charge is 2.21. The summed E-state index contributed by atoms with van der Waals surface area (Å²) >= 11 is 12.0. The smallest absolute Gasteiger partial charge is 0.263 e. The fraction of sp³-hybridized carbons (Fsp3) is 0.0769. The van der Waals surface area contributed by atoms with Crippen LogP contribution >= 0.6 is 23.2 Å². The molecule has 0 unspecified atom stereocenters. The summed E-state index contributed by atoms with van der Waals surface area (Å²) < 4.78 is 27.1. The second-order valence-electron chi connectivity index (χ2n) is 4.01. The largest absolute Gasteiger partial charge is 0.326 e. The maximum Gasteiger partial charge on any atom is 0.263 e. The Labute approximate surface area is 127 Å². The number of hydrogen-bond acceptors (Lipinski definition) is 3. The summed E-state index contributed by atoms with van der Waals surface area (Å²) in [6.45, 7) is 0.0619. The normalized spacial score (nSPS) is 11.3. The highest BCUT2D eigenvalue weighted by Crippen LogP contribution is 2.31. The molecule has 0 atom stereocenters. The Kier molecular flexibility index (Phi) is 4.55. The summed E-state index contributed by atoms with van der Waals surface area (Å²) in [5, 5.41) is 0.389. The number of nitrogens with one attached hydrogen (secondary N) is 1. The van der Waals surface area contributed by atoms with Gasteiger partial charge in [-0.05, 0) is 24.3 Å². The van der Waals surface area contributed by atoms with Crippen LogP contribution in [0.25, 0.3) is 0 Å². The Morgan fingerprint density at radius 2 is 1.70 bits per heavy atom. The van der Waals surface area contributed by atoms with Gasteiger partial charge in [0.25, 0.3) is 10.0 Å². The molecule has 0 fully saturated rings. The Morgan fingerprint density at radius 1 is 1.05 bits per heavy atom. The molecular weight excluding hydrogens is 319 g/mol. The predicted octanol–water partition coefficient (Wildman–Crippen LogP) is 3.25. The molecule has 0 aliphatic heterocycles. The predicted molar refractivity (Wildman–Crippen MR) is 81.6 cm³/mol. The van der Waals surface area contributed by atoms with E-state index >= 15 is 0 Å². The van der Waals surface area contributed by atoms with E-state index < -0.39 is 10.0 Å². The minimum atomic E-state index is -3.79. The van der Waals surface area contributed by atoms with Gasteiger partial charge in [-0.25, -0.2) is 8.42 Å². The van der Waals surface area contributed by atoms with Crippen LogP contribution in [-0.4, -0.2) is 8.42 Å². The Hall–Kier alpha value is -1.27. The Bertz CT molecular complexity index is 719. The summed E-state index contributed by atoms with van der Waals surface area (Å²) in [5.41, 5.74) is 6.39. The number of anilines is 1. The van der Waals surface area contributed by atoms with Gasteiger partial charge < -0.3 is 5.73 Å². The molecule has 0 saturated heterocycles. The third-order valence-corrected chi connectivity index (χ3v) is 4.99. The number of benzene rings is 2. The third-order valence-electron chi connectivity index (χ3n) is 2.67. The van der Waals surface area contributed by atoms with Crippen molar-refractivity contribution in [1.29, 1.82) is 0 Å². The maximum absolute atomic E-state index is 12.3. The van der Waals surface area contributed by atoms with Crippen molar-refractivity contribution in [3.8, 4) is 0 Å². The molecule has 0 radical (unpaired) electrons. The average Bonchev–Trinajstić information content (AvgIpc) is 2.39. The number of sulfonamides is 1. The van der Waals surface area contributed by atoms with Crippen LogP contribution < -0.4 is 10.5 Å². The van der Waals surface area contributed by atoms with Gasteiger partial charge in [0.2, 0.25) is 0 Å². The molecule has 2 aromatic carbocycles. The van der Waals surface area contributed by atoms with Gasteiger partial charge in [-0.1, -0.05) is 41.4 Å². The highest BCUT2D eigenvalue weighted by molar-refractivity contribution is 7.92. The Morgan fingerprint density at radius 3 is 2.30 bits per heavy atom. The minimum absolute atomic E-state index is 0.0448. The van der Waals surface area contributed by atoms with Crippen molar-refractivity contribution in [3.63, 3.8) is 0 Å². The van der Waals surface area contributed by atoms with Crippen LogP contribution in [0.3, 0.4) is 0 Å². The van der Waals surface area contributed by atoms with E-state index in [1.165, 1.54) is 12.1 Å². The topological polar surface area (TPSA) is 72.2 Å². The van der Waals surface area contributed by atoms with E-state index in [-0.39, 0.29) is 16.5 Å². The second kappa shape index (κ2) is 6.01. The lowest BCUT2D eigenvalue weighted by Gasteiger charge is -2.12. The lowest BCUT2D eigenvalue weighted by atomic mass is 10.2. The fourth-order valence-corrected chi connectivity index (χ4v) is 3.68. The quantitative estimate of drug-likeness (QED) is 0.903. The van der Waals surface area contributed by atoms with E-state index in [1.807, 2.05) is 0 Å². The molecule has 0 amide bonds. The van der Waals surface area contributed by atoms with Crippen molar-refractivity contribution in [2.45, 2.75) is 11.4 Å². The Balaban J connectivity index is 2.45. The lowest BCUT2D eigenvalue weighted by Crippen LogP contribution is -2.14. The zero-order valence-electron chi connectivity index (χ0n) is 10.3. The van der Waals surface area contributed by atoms with Crippen LogP contribution in [0.2, 0.25) is 10.0 Å². The third kappa shape index (κ3) is 3.07. The molecule has 4 nitrogen and oxygen atoms in total. The summed E-state index contributed by atoms with van der Waals surface area (Å²) in [5.74, 6) is 0. The molecule has 0 aliphatic carbocycles. The second-order valence-corrected chi connectivity index (χ2v) is 6.45. The van der Waals surface area contributed by atoms with Crippen LogP contribution in [0.1, 0.15) is 5.56 Å². The van der Waals surface area contributed by atoms with Gasteiger partial charge in [0.05, 0.1) is 5.02 Å². The van der Waals surface area contributed by atoms with E-state index in [2.05, 4.69) is 4.72 Å². The van der Waals surface area contributed by atoms with Gasteiger partial charge >= 0.3 is 0 Å². The van der Waals surface area contributed by atoms with E-state index in [0.29, 0.717) is 16.3 Å². The van der Waals surface area contributed by atoms with Crippen molar-refractivity contribution < 1.29 is 8.42 Å². The molecule has 106 valence electrons. The standard InChI is InChI=1S/C13H12Cl2N2O2S/c14-11-6-7-12(13(15)10(11)8-16)20(18,19)17-9-4-2-1-3-5-9/h1-7,17H,8,16H2. The van der Waals surface area contributed by atoms with Crippen LogP contribution in [0.5, 0.6) is 0 Å². The lowest BCUT2D eigenvalue weighted by molar-refractivity contribution is 0.601. The van der Waals surface area contributed by atoms with E-state index in [0.717, 1.165) is 0 Å². The van der Waals surface area contributed by atoms with Gasteiger partial charge in [-0.2, -0.15) is 0 Å². The number of rotatable bonds is 4. The number of para-hydroxylation sites is 1. The first-order valence-corrected chi connectivity index (χ1v) is 7.94. The fourth-order valence-electron chi connectivity index (χ4n) is 1.69. The van der Waals surface area contributed by atoms with Crippen LogP contribution in [0.4, 0.5) is 5.69 Å². The molecule has 0 spiro atoms. The van der Waals surface area contributed by atoms with Gasteiger partial charge in [-0.15, -0.1) is 0 Å². The zero-order valence-corrected chi connectivity index (χ0v) is 12.6. The number of halogens is 2. The van der Waals surface area contributed by atoms with E-state index in [4.69, 9.17) is 28.9 Å². The molecule has 0 aromatic heterocycles. The average molecular weight is 331 g/mol. The first-order chi connectivity index (χ1) is 9.45. The van der Waals surface area contributed by atoms with Crippen LogP contribution in [0.15, 0.2) is 47.4 Å². The van der Waals surface area contributed by atoms with Crippen molar-refractivity contribution in [1.82, 2.24) is 0 Å². The molecule has 0 heterocycles. The van der Waals surface area contributed by atoms with E-state index in [9.17, 15) is 8.42 Å². The molecule has 2 rings (SSSR count). The SMILES string of the molecule is NCc1c(Cl)ccc(S(=O)(=O)Nc2ccccc2)c1Cl. The highest BCUT2D eigenvalue weighted by atomic mass is 35.5. The molecule has 20 heavy (non-hydrogen) atoms. The maximum atomic E-state index is 12.3. The monoisotopic (exact) mass is 330 g/mol. The van der Waals surface area contributed by atoms with Crippen LogP contribution in [0, 0.1) is 0 Å². The molecule has 2 aromatic rings. The number of nitrogens with two attached hydrogens (primary N) is 1. The molecule has 7 heteroatoms. The summed E-state index contributed by atoms with van der Waals surface area (Å²) in [6.07, 6.45) is 0. The van der Waals surface area contributed by atoms with E-state index in [1.54, 1.807) is 30.3 Å². The first-order valence-electron chi connectivity index (χ1n) is 5.70. The summed E-state index contributed by atoms with van der Waals surface area (Å²) in [6, 6.07) is 11.4. The van der Waals surface area contributed by atoms with Crippen molar-refractivity contribution in [2.75, 3.05) is 4.72 Å². The molecule has 0 aliphatic rings.